The third-order valence-corrected chi connectivity index (χ3v) is 6.08. The first-order valence-corrected chi connectivity index (χ1v) is 10.9. The molecule has 0 fully saturated rings. The Morgan fingerprint density at radius 3 is 2.45 bits per heavy atom. The number of thiophene rings is 1. The number of rotatable bonds is 4. The minimum atomic E-state index is -0.176. The lowest BCUT2D eigenvalue weighted by Crippen LogP contribution is -2.21. The average molecular weight is 445 g/mol. The van der Waals surface area contributed by atoms with Crippen LogP contribution >= 0.6 is 22.9 Å². The van der Waals surface area contributed by atoms with Crippen LogP contribution < -0.4 is 5.01 Å². The number of carbonyl (C=O) groups is 1. The van der Waals surface area contributed by atoms with E-state index >= 15 is 0 Å². The molecule has 0 atom stereocenters. The summed E-state index contributed by atoms with van der Waals surface area (Å²) in [5.41, 5.74) is 4.52. The van der Waals surface area contributed by atoms with Crippen molar-refractivity contribution < 1.29 is 4.79 Å². The van der Waals surface area contributed by atoms with Gasteiger partial charge in [-0.25, -0.2) is 4.68 Å². The summed E-state index contributed by atoms with van der Waals surface area (Å²) in [6, 6.07) is 21.0. The fourth-order valence-corrected chi connectivity index (χ4v) is 4.26. The maximum absolute atomic E-state index is 13.2. The summed E-state index contributed by atoms with van der Waals surface area (Å²) in [6.07, 6.45) is 3.82. The summed E-state index contributed by atoms with van der Waals surface area (Å²) in [7, 11) is 0. The second-order valence-electron chi connectivity index (χ2n) is 7.03. The highest BCUT2D eigenvalue weighted by molar-refractivity contribution is 7.13. The van der Waals surface area contributed by atoms with Gasteiger partial charge in [0, 0.05) is 16.8 Å². The zero-order valence-electron chi connectivity index (χ0n) is 16.6. The minimum Gasteiger partial charge on any atom is -0.267 e. The molecule has 5 nitrogen and oxygen atoms in total. The van der Waals surface area contributed by atoms with Crippen molar-refractivity contribution in [3.05, 3.63) is 94.5 Å². The fraction of sp³-hybridized carbons (Fsp3) is 0.0417. The lowest BCUT2D eigenvalue weighted by molar-refractivity contribution is -0.114. The van der Waals surface area contributed by atoms with Crippen LogP contribution in [0.4, 0.5) is 5.69 Å². The molecular formula is C24H17ClN4OS. The van der Waals surface area contributed by atoms with Crippen LogP contribution in [0.15, 0.2) is 89.0 Å². The third kappa shape index (κ3) is 3.71. The van der Waals surface area contributed by atoms with Crippen molar-refractivity contribution >= 4 is 46.3 Å². The Bertz CT molecular complexity index is 1310. The Labute approximate surface area is 188 Å². The first-order valence-electron chi connectivity index (χ1n) is 9.66. The number of para-hydroxylation sites is 1. The number of amides is 1. The maximum atomic E-state index is 13.2. The molecule has 1 aliphatic rings. The number of aromatic nitrogens is 2. The smallest absolute Gasteiger partial charge is 0.267 e. The van der Waals surface area contributed by atoms with Crippen molar-refractivity contribution in [2.45, 2.75) is 6.92 Å². The molecule has 0 saturated carbocycles. The van der Waals surface area contributed by atoms with Crippen LogP contribution in [-0.4, -0.2) is 21.4 Å². The van der Waals surface area contributed by atoms with E-state index in [0.29, 0.717) is 22.0 Å². The van der Waals surface area contributed by atoms with E-state index in [-0.39, 0.29) is 5.91 Å². The van der Waals surface area contributed by atoms with E-state index in [9.17, 15) is 4.79 Å². The molecule has 0 bridgehead atoms. The molecule has 1 aliphatic heterocycles. The number of halogens is 1. The van der Waals surface area contributed by atoms with Gasteiger partial charge in [0.1, 0.15) is 5.69 Å². The topological polar surface area (TPSA) is 50.5 Å². The van der Waals surface area contributed by atoms with Gasteiger partial charge in [-0.2, -0.15) is 15.2 Å². The molecular weight excluding hydrogens is 428 g/mol. The number of carbonyl (C=O) groups excluding carboxylic acids is 1. The number of nitrogens with zero attached hydrogens (tertiary/aromatic N) is 4. The van der Waals surface area contributed by atoms with Crippen molar-refractivity contribution in [1.82, 2.24) is 9.78 Å². The Balaban J connectivity index is 1.57. The van der Waals surface area contributed by atoms with E-state index in [1.54, 1.807) is 35.6 Å². The molecule has 0 radical (unpaired) electrons. The van der Waals surface area contributed by atoms with E-state index in [1.807, 2.05) is 71.7 Å². The van der Waals surface area contributed by atoms with Crippen molar-refractivity contribution in [2.75, 3.05) is 5.01 Å². The zero-order chi connectivity index (χ0) is 21.4. The van der Waals surface area contributed by atoms with Crippen molar-refractivity contribution in [2.24, 2.45) is 5.10 Å². The van der Waals surface area contributed by atoms with E-state index in [2.05, 4.69) is 5.10 Å². The first kappa shape index (κ1) is 19.5. The van der Waals surface area contributed by atoms with Gasteiger partial charge in [0.15, 0.2) is 0 Å². The second-order valence-corrected chi connectivity index (χ2v) is 8.41. The van der Waals surface area contributed by atoms with Crippen LogP contribution in [0.5, 0.6) is 0 Å². The van der Waals surface area contributed by atoms with E-state index in [4.69, 9.17) is 16.7 Å². The number of anilines is 1. The van der Waals surface area contributed by atoms with Gasteiger partial charge in [0.25, 0.3) is 5.91 Å². The predicted octanol–water partition coefficient (Wildman–Crippen LogP) is 6.06. The Morgan fingerprint density at radius 2 is 1.74 bits per heavy atom. The molecule has 0 saturated heterocycles. The van der Waals surface area contributed by atoms with Gasteiger partial charge in [-0.3, -0.25) is 4.79 Å². The molecule has 0 spiro atoms. The molecule has 7 heteroatoms. The minimum absolute atomic E-state index is 0.176. The van der Waals surface area contributed by atoms with E-state index in [1.165, 1.54) is 5.01 Å². The maximum Gasteiger partial charge on any atom is 0.280 e. The van der Waals surface area contributed by atoms with Gasteiger partial charge in [-0.15, -0.1) is 11.3 Å². The molecule has 4 aromatic rings. The summed E-state index contributed by atoms with van der Waals surface area (Å²) in [5.74, 6) is -0.176. The fourth-order valence-electron chi connectivity index (χ4n) is 3.41. The van der Waals surface area contributed by atoms with Crippen LogP contribution in [-0.2, 0) is 4.79 Å². The van der Waals surface area contributed by atoms with Crippen molar-refractivity contribution in [1.29, 1.82) is 0 Å². The van der Waals surface area contributed by atoms with E-state index < -0.39 is 0 Å². The first-order chi connectivity index (χ1) is 15.1. The summed E-state index contributed by atoms with van der Waals surface area (Å²) < 4.78 is 1.84. The number of benzene rings is 2. The molecule has 5 rings (SSSR count). The van der Waals surface area contributed by atoms with Gasteiger partial charge in [-0.1, -0.05) is 35.9 Å². The molecule has 0 N–H and O–H groups in total. The van der Waals surface area contributed by atoms with Crippen LogP contribution in [0, 0.1) is 0 Å². The molecule has 31 heavy (non-hydrogen) atoms. The van der Waals surface area contributed by atoms with Gasteiger partial charge < -0.3 is 0 Å². The highest BCUT2D eigenvalue weighted by atomic mass is 35.5. The van der Waals surface area contributed by atoms with Crippen LogP contribution in [0.25, 0.3) is 22.3 Å². The Morgan fingerprint density at radius 1 is 0.968 bits per heavy atom. The second kappa shape index (κ2) is 7.98. The van der Waals surface area contributed by atoms with Gasteiger partial charge in [0.05, 0.1) is 27.5 Å². The van der Waals surface area contributed by atoms with Gasteiger partial charge in [-0.05, 0) is 60.8 Å². The summed E-state index contributed by atoms with van der Waals surface area (Å²) in [5, 5.41) is 13.3. The van der Waals surface area contributed by atoms with Crippen molar-refractivity contribution in [3.8, 4) is 16.3 Å². The molecule has 1 amide bonds. The normalized spacial score (nSPS) is 15.0. The standard InChI is InChI=1S/C24H17ClN4OS/c1-16-21(24(30)29(26-16)20-11-9-18(25)10-12-20)14-17-15-28(19-6-3-2-4-7-19)27-23(17)22-8-5-13-31-22/h2-15H,1H3. The molecule has 152 valence electrons. The predicted molar refractivity (Wildman–Crippen MR) is 127 cm³/mol. The van der Waals surface area contributed by atoms with Crippen LogP contribution in [0.1, 0.15) is 12.5 Å². The highest BCUT2D eigenvalue weighted by Crippen LogP contribution is 2.31. The molecule has 3 heterocycles. The number of hydrogen-bond acceptors (Lipinski definition) is 4. The SMILES string of the molecule is CC1=NN(c2ccc(Cl)cc2)C(=O)C1=Cc1cn(-c2ccccc2)nc1-c1cccs1. The van der Waals surface area contributed by atoms with Gasteiger partial charge >= 0.3 is 0 Å². The Hall–Kier alpha value is -3.48. The molecule has 0 unspecified atom stereocenters. The number of hydrogen-bond donors (Lipinski definition) is 0. The summed E-state index contributed by atoms with van der Waals surface area (Å²) in [4.78, 5) is 14.2. The highest BCUT2D eigenvalue weighted by Gasteiger charge is 2.29. The van der Waals surface area contributed by atoms with Gasteiger partial charge in [0.2, 0.25) is 0 Å². The monoisotopic (exact) mass is 444 g/mol. The van der Waals surface area contributed by atoms with Crippen LogP contribution in [0.3, 0.4) is 0 Å². The lowest BCUT2D eigenvalue weighted by atomic mass is 10.1. The quantitative estimate of drug-likeness (QED) is 0.359. The van der Waals surface area contributed by atoms with Crippen molar-refractivity contribution in [3.63, 3.8) is 0 Å². The Kier molecular flexibility index (Phi) is 5.02. The third-order valence-electron chi connectivity index (χ3n) is 4.95. The summed E-state index contributed by atoms with van der Waals surface area (Å²) in [6.45, 7) is 1.84. The van der Waals surface area contributed by atoms with Crippen LogP contribution in [0.2, 0.25) is 5.02 Å². The number of hydrazone groups is 1. The summed E-state index contributed by atoms with van der Waals surface area (Å²) >= 11 is 7.59. The molecule has 2 aromatic heterocycles. The molecule has 2 aromatic carbocycles. The molecule has 0 aliphatic carbocycles. The average Bonchev–Trinajstić information content (AvgIpc) is 3.51. The van der Waals surface area contributed by atoms with E-state index in [0.717, 1.165) is 21.8 Å². The largest absolute Gasteiger partial charge is 0.280 e. The zero-order valence-corrected chi connectivity index (χ0v) is 18.1. The lowest BCUT2D eigenvalue weighted by Gasteiger charge is -2.11.